The highest BCUT2D eigenvalue weighted by molar-refractivity contribution is 6.99. The molecule has 2 atom stereocenters. The number of ether oxygens (including phenoxy) is 1. The maximum absolute atomic E-state index is 13.6. The largest absolute Gasteiger partial charge is 0.468 e. The molecule has 0 N–H and O–H groups in total. The van der Waals surface area contributed by atoms with Gasteiger partial charge in [-0.1, -0.05) is 101 Å². The number of fused-ring (bicyclic) bond motifs is 1. The van der Waals surface area contributed by atoms with Crippen molar-refractivity contribution in [1.29, 1.82) is 0 Å². The number of benzene rings is 2. The number of Topliss-reactive ketones (excluding diaryl/α,β-unsaturated/α-hetero) is 1. The first-order valence-corrected chi connectivity index (χ1v) is 14.5. The molecule has 2 aromatic rings. The highest BCUT2D eigenvalue weighted by atomic mass is 28.4. The Bertz CT molecular complexity index is 1070. The summed E-state index contributed by atoms with van der Waals surface area (Å²) in [6.45, 7) is 11.1. The van der Waals surface area contributed by atoms with E-state index in [-0.39, 0.29) is 16.7 Å². The van der Waals surface area contributed by atoms with Crippen LogP contribution in [0.4, 0.5) is 0 Å². The quantitative estimate of drug-likeness (QED) is 0.246. The zero-order valence-electron chi connectivity index (χ0n) is 21.9. The van der Waals surface area contributed by atoms with Crippen LogP contribution in [0.5, 0.6) is 0 Å². The van der Waals surface area contributed by atoms with E-state index in [1.807, 2.05) is 26.0 Å². The van der Waals surface area contributed by atoms with Gasteiger partial charge >= 0.3 is 5.97 Å². The minimum absolute atomic E-state index is 0.00444. The van der Waals surface area contributed by atoms with E-state index in [0.717, 1.165) is 18.4 Å². The second kappa shape index (κ2) is 9.18. The Labute approximate surface area is 210 Å². The summed E-state index contributed by atoms with van der Waals surface area (Å²) in [5, 5.41) is 2.30. The van der Waals surface area contributed by atoms with Crippen molar-refractivity contribution >= 4 is 30.4 Å². The van der Waals surface area contributed by atoms with Gasteiger partial charge in [0.05, 0.1) is 13.7 Å². The molecule has 0 aliphatic heterocycles. The van der Waals surface area contributed by atoms with Crippen LogP contribution < -0.4 is 10.4 Å². The van der Waals surface area contributed by atoms with E-state index in [4.69, 9.17) is 9.16 Å². The van der Waals surface area contributed by atoms with Crippen molar-refractivity contribution in [1.82, 2.24) is 0 Å². The van der Waals surface area contributed by atoms with Crippen LogP contribution in [0.3, 0.4) is 0 Å². The molecule has 4 rings (SSSR count). The van der Waals surface area contributed by atoms with Crippen LogP contribution in [0, 0.1) is 16.7 Å². The smallest absolute Gasteiger partial charge is 0.320 e. The molecule has 5 heteroatoms. The van der Waals surface area contributed by atoms with E-state index in [1.54, 1.807) is 0 Å². The van der Waals surface area contributed by atoms with Crippen molar-refractivity contribution in [2.45, 2.75) is 58.9 Å². The molecule has 2 aliphatic rings. The van der Waals surface area contributed by atoms with Gasteiger partial charge in [0.15, 0.2) is 5.78 Å². The Morgan fingerprint density at radius 2 is 1.54 bits per heavy atom. The lowest BCUT2D eigenvalue weighted by molar-refractivity contribution is -0.167. The molecule has 2 aliphatic carbocycles. The lowest BCUT2D eigenvalue weighted by Crippen LogP contribution is -2.66. The minimum atomic E-state index is -2.71. The van der Waals surface area contributed by atoms with E-state index < -0.39 is 25.1 Å². The third-order valence-electron chi connectivity index (χ3n) is 8.12. The van der Waals surface area contributed by atoms with Gasteiger partial charge in [-0.25, -0.2) is 0 Å². The highest BCUT2D eigenvalue weighted by Crippen LogP contribution is 2.55. The molecule has 0 heterocycles. The standard InChI is InChI=1S/C30H38O4Si/c1-28(2,3)35(24-13-9-7-10-14-24,25-15-11-8-12-16-25)34-21-22-19-23-17-18-29(4,5)26(31)30(23,20-22)27(32)33-6/h7-16,19,23H,17-18,20-21H2,1-6H3/t23-,30-/m0/s1. The van der Waals surface area contributed by atoms with Gasteiger partial charge in [-0.3, -0.25) is 9.59 Å². The first-order chi connectivity index (χ1) is 16.5. The molecule has 186 valence electrons. The van der Waals surface area contributed by atoms with Gasteiger partial charge < -0.3 is 9.16 Å². The number of allylic oxidation sites excluding steroid dienone is 1. The third-order valence-corrected chi connectivity index (χ3v) is 13.1. The summed E-state index contributed by atoms with van der Waals surface area (Å²) in [7, 11) is -1.32. The number of carbonyl (C=O) groups is 2. The normalized spacial score (nSPS) is 24.0. The summed E-state index contributed by atoms with van der Waals surface area (Å²) < 4.78 is 12.3. The van der Waals surface area contributed by atoms with Gasteiger partial charge in [0.25, 0.3) is 8.32 Å². The number of ketones is 1. The summed E-state index contributed by atoms with van der Waals surface area (Å²) in [5.41, 5.74) is -0.632. The Morgan fingerprint density at radius 1 is 1.00 bits per heavy atom. The molecule has 0 amide bonds. The maximum Gasteiger partial charge on any atom is 0.320 e. The van der Waals surface area contributed by atoms with E-state index >= 15 is 0 Å². The molecule has 2 aromatic carbocycles. The van der Waals surface area contributed by atoms with E-state index in [0.29, 0.717) is 13.0 Å². The van der Waals surface area contributed by atoms with Crippen LogP contribution in [-0.2, 0) is 18.8 Å². The molecule has 4 nitrogen and oxygen atoms in total. The number of esters is 1. The molecule has 0 bridgehead atoms. The summed E-state index contributed by atoms with van der Waals surface area (Å²) in [6, 6.07) is 21.1. The Hall–Kier alpha value is -2.50. The molecule has 1 fully saturated rings. The Morgan fingerprint density at radius 3 is 2.03 bits per heavy atom. The summed E-state index contributed by atoms with van der Waals surface area (Å²) in [5.74, 6) is -0.532. The van der Waals surface area contributed by atoms with Crippen LogP contribution in [0.2, 0.25) is 5.04 Å². The van der Waals surface area contributed by atoms with Crippen LogP contribution >= 0.6 is 0 Å². The fourth-order valence-electron chi connectivity index (χ4n) is 6.35. The number of hydrogen-bond donors (Lipinski definition) is 0. The summed E-state index contributed by atoms with van der Waals surface area (Å²) in [4.78, 5) is 26.7. The van der Waals surface area contributed by atoms with Gasteiger partial charge in [-0.15, -0.1) is 0 Å². The first-order valence-electron chi connectivity index (χ1n) is 12.6. The first kappa shape index (κ1) is 25.6. The maximum atomic E-state index is 13.6. The predicted octanol–water partition coefficient (Wildman–Crippen LogP) is 5.06. The SMILES string of the molecule is COC(=O)[C@@]12CC(CO[Si](c3ccccc3)(c3ccccc3)C(C)(C)C)=C[C@@H]1CCC(C)(C)C2=O. The van der Waals surface area contributed by atoms with Gasteiger partial charge in [0.1, 0.15) is 5.41 Å². The van der Waals surface area contributed by atoms with Gasteiger partial charge in [-0.2, -0.15) is 0 Å². The lowest BCUT2D eigenvalue weighted by Gasteiger charge is -2.44. The second-order valence-corrected chi connectivity index (χ2v) is 16.1. The van der Waals surface area contributed by atoms with Crippen molar-refractivity contribution in [2.75, 3.05) is 13.7 Å². The average molecular weight is 491 g/mol. The van der Waals surface area contributed by atoms with E-state index in [9.17, 15) is 9.59 Å². The molecule has 0 unspecified atom stereocenters. The number of methoxy groups -OCH3 is 1. The second-order valence-electron chi connectivity index (χ2n) is 11.8. The van der Waals surface area contributed by atoms with Crippen LogP contribution in [-0.4, -0.2) is 33.8 Å². The molecule has 0 spiro atoms. The minimum Gasteiger partial charge on any atom is -0.468 e. The lowest BCUT2D eigenvalue weighted by atomic mass is 9.58. The predicted molar refractivity (Wildman–Crippen MR) is 142 cm³/mol. The molecule has 0 aromatic heterocycles. The number of carbonyl (C=O) groups excluding carboxylic acids is 2. The number of hydrogen-bond acceptors (Lipinski definition) is 4. The monoisotopic (exact) mass is 490 g/mol. The third kappa shape index (κ3) is 4.13. The zero-order chi connectivity index (χ0) is 25.5. The molecule has 1 saturated carbocycles. The Kier molecular flexibility index (Phi) is 6.71. The highest BCUT2D eigenvalue weighted by Gasteiger charge is 2.61. The molecule has 0 saturated heterocycles. The average Bonchev–Trinajstić information content (AvgIpc) is 3.22. The van der Waals surface area contributed by atoms with Crippen LogP contribution in [0.25, 0.3) is 0 Å². The molecular formula is C30H38O4Si. The van der Waals surface area contributed by atoms with Gasteiger partial charge in [-0.05, 0) is 40.2 Å². The Balaban J connectivity index is 1.73. The molecule has 0 radical (unpaired) electrons. The fraction of sp³-hybridized carbons (Fsp3) is 0.467. The van der Waals surface area contributed by atoms with Crippen molar-refractivity contribution < 1.29 is 18.8 Å². The van der Waals surface area contributed by atoms with Crippen molar-refractivity contribution in [3.8, 4) is 0 Å². The van der Waals surface area contributed by atoms with Crippen molar-refractivity contribution in [3.63, 3.8) is 0 Å². The van der Waals surface area contributed by atoms with E-state index in [2.05, 4.69) is 75.4 Å². The van der Waals surface area contributed by atoms with Crippen molar-refractivity contribution in [2.24, 2.45) is 16.7 Å². The van der Waals surface area contributed by atoms with E-state index in [1.165, 1.54) is 17.5 Å². The van der Waals surface area contributed by atoms with Gasteiger partial charge in [0, 0.05) is 11.3 Å². The topological polar surface area (TPSA) is 52.6 Å². The molecular weight excluding hydrogens is 452 g/mol. The summed E-state index contributed by atoms with van der Waals surface area (Å²) in [6.07, 6.45) is 4.10. The zero-order valence-corrected chi connectivity index (χ0v) is 22.9. The number of rotatable bonds is 6. The fourth-order valence-corrected chi connectivity index (χ4v) is 10.9. The van der Waals surface area contributed by atoms with Crippen LogP contribution in [0.15, 0.2) is 72.3 Å². The summed E-state index contributed by atoms with van der Waals surface area (Å²) >= 11 is 0. The molecule has 35 heavy (non-hydrogen) atoms. The van der Waals surface area contributed by atoms with Crippen molar-refractivity contribution in [3.05, 3.63) is 72.3 Å². The van der Waals surface area contributed by atoms with Crippen LogP contribution in [0.1, 0.15) is 53.9 Å². The van der Waals surface area contributed by atoms with Gasteiger partial charge in [0.2, 0.25) is 0 Å².